The molecule has 2 N–H and O–H groups in total. The summed E-state index contributed by atoms with van der Waals surface area (Å²) in [7, 11) is 0. The van der Waals surface area contributed by atoms with Crippen molar-refractivity contribution in [2.75, 3.05) is 36.4 Å². The van der Waals surface area contributed by atoms with Gasteiger partial charge in [-0.1, -0.05) is 30.3 Å². The largest absolute Gasteiger partial charge is 0.371 e. The number of carbonyl (C=O) groups is 3. The Kier molecular flexibility index (Phi) is 10.1. The highest BCUT2D eigenvalue weighted by Gasteiger charge is 2.31. The molecule has 2 aromatic carbocycles. The molecule has 11 heteroatoms. The lowest BCUT2D eigenvalue weighted by atomic mass is 9.87. The second kappa shape index (κ2) is 14.7. The van der Waals surface area contributed by atoms with Gasteiger partial charge in [-0.05, 0) is 98.5 Å². The molecule has 3 amide bonds. The van der Waals surface area contributed by atoms with E-state index in [2.05, 4.69) is 78.9 Å². The van der Waals surface area contributed by atoms with Crippen LogP contribution in [0.15, 0.2) is 54.7 Å². The van der Waals surface area contributed by atoms with Gasteiger partial charge in [0.1, 0.15) is 17.8 Å². The minimum Gasteiger partial charge on any atom is -0.371 e. The van der Waals surface area contributed by atoms with Crippen LogP contribution in [-0.2, 0) is 27.5 Å². The number of aromatic nitrogens is 2. The maximum absolute atomic E-state index is 12.4. The van der Waals surface area contributed by atoms with Gasteiger partial charge in [-0.2, -0.15) is 5.26 Å². The molecule has 4 heterocycles. The molecule has 47 heavy (non-hydrogen) atoms. The third-order valence-electron chi connectivity index (χ3n) is 9.84. The van der Waals surface area contributed by atoms with Gasteiger partial charge in [-0.3, -0.25) is 24.6 Å². The molecule has 1 atom stereocenters. The molecule has 1 unspecified atom stereocenters. The van der Waals surface area contributed by atoms with Gasteiger partial charge < -0.3 is 15.1 Å². The normalized spacial score (nSPS) is 19.6. The highest BCUT2D eigenvalue weighted by molar-refractivity contribution is 6.00. The molecule has 0 spiro atoms. The smallest absolute Gasteiger partial charge is 0.249 e. The van der Waals surface area contributed by atoms with Crippen molar-refractivity contribution in [3.8, 4) is 6.07 Å². The van der Waals surface area contributed by atoms with Gasteiger partial charge >= 0.3 is 0 Å². The lowest BCUT2D eigenvalue weighted by Gasteiger charge is -2.34. The first kappa shape index (κ1) is 32.1. The minimum atomic E-state index is -0.615. The average molecular weight is 635 g/mol. The molecule has 3 aliphatic heterocycles. The zero-order chi connectivity index (χ0) is 32.8. The summed E-state index contributed by atoms with van der Waals surface area (Å²) in [5.41, 5.74) is 6.35. The highest BCUT2D eigenvalue weighted by atomic mass is 16.2. The monoisotopic (exact) mass is 634 g/mol. The average Bonchev–Trinajstić information content (AvgIpc) is 3.09. The Balaban J connectivity index is 0.973. The lowest BCUT2D eigenvalue weighted by molar-refractivity contribution is -0.141. The van der Waals surface area contributed by atoms with Crippen LogP contribution in [0, 0.1) is 18.3 Å². The third kappa shape index (κ3) is 7.95. The molecule has 3 aromatic rings. The van der Waals surface area contributed by atoms with Crippen LogP contribution in [0.3, 0.4) is 0 Å². The first-order valence-corrected chi connectivity index (χ1v) is 16.6. The molecule has 3 fully saturated rings. The Morgan fingerprint density at radius 1 is 1.02 bits per heavy atom. The summed E-state index contributed by atoms with van der Waals surface area (Å²) in [6.45, 7) is 7.27. The van der Waals surface area contributed by atoms with Gasteiger partial charge in [0.25, 0.3) is 0 Å². The number of likely N-dealkylation sites (tertiary alicyclic amines) is 1. The molecule has 11 nitrogen and oxygen atoms in total. The summed E-state index contributed by atoms with van der Waals surface area (Å²) < 4.78 is 0. The van der Waals surface area contributed by atoms with Crippen molar-refractivity contribution < 1.29 is 14.4 Å². The summed E-state index contributed by atoms with van der Waals surface area (Å²) in [4.78, 5) is 50.9. The van der Waals surface area contributed by atoms with E-state index < -0.39 is 11.9 Å². The van der Waals surface area contributed by atoms with E-state index in [1.165, 1.54) is 21.7 Å². The van der Waals surface area contributed by atoms with Gasteiger partial charge in [0.05, 0.1) is 0 Å². The van der Waals surface area contributed by atoms with Crippen molar-refractivity contribution in [1.29, 1.82) is 5.26 Å². The number of aryl methyl sites for hydroxylation is 1. The van der Waals surface area contributed by atoms with Crippen LogP contribution in [0.1, 0.15) is 72.4 Å². The number of anilines is 2. The number of benzene rings is 2. The van der Waals surface area contributed by atoms with E-state index in [0.717, 1.165) is 75.9 Å². The van der Waals surface area contributed by atoms with E-state index in [0.29, 0.717) is 30.5 Å². The van der Waals surface area contributed by atoms with Crippen molar-refractivity contribution in [2.24, 2.45) is 0 Å². The predicted molar refractivity (Wildman–Crippen MR) is 178 cm³/mol. The summed E-state index contributed by atoms with van der Waals surface area (Å²) >= 11 is 0. The van der Waals surface area contributed by atoms with Crippen LogP contribution in [-0.4, -0.2) is 76.3 Å². The predicted octanol–water partition coefficient (Wildman–Crippen LogP) is 3.88. The van der Waals surface area contributed by atoms with E-state index in [1.807, 2.05) is 6.92 Å². The Morgan fingerprint density at radius 3 is 2.49 bits per heavy atom. The molecule has 6 rings (SSSR count). The number of imide groups is 1. The van der Waals surface area contributed by atoms with E-state index in [4.69, 9.17) is 5.26 Å². The van der Waals surface area contributed by atoms with Gasteiger partial charge in [-0.15, -0.1) is 0 Å². The zero-order valence-electron chi connectivity index (χ0n) is 26.9. The van der Waals surface area contributed by atoms with Crippen molar-refractivity contribution in [3.05, 3.63) is 82.7 Å². The van der Waals surface area contributed by atoms with E-state index in [1.54, 1.807) is 12.3 Å². The number of nitriles is 1. The van der Waals surface area contributed by atoms with Gasteiger partial charge in [-0.25, -0.2) is 9.97 Å². The maximum atomic E-state index is 12.4. The molecular formula is C36H42N8O3. The van der Waals surface area contributed by atoms with Crippen LogP contribution in [0.4, 0.5) is 11.6 Å². The summed E-state index contributed by atoms with van der Waals surface area (Å²) in [5.74, 6) is 0.297. The Bertz CT molecular complexity index is 1620. The summed E-state index contributed by atoms with van der Waals surface area (Å²) in [6, 6.07) is 18.9. The van der Waals surface area contributed by atoms with Crippen LogP contribution >= 0.6 is 0 Å². The Labute approximate surface area is 276 Å². The Morgan fingerprint density at radius 2 is 1.79 bits per heavy atom. The summed E-state index contributed by atoms with van der Waals surface area (Å²) in [6.07, 6.45) is 7.05. The minimum absolute atomic E-state index is 0.248. The van der Waals surface area contributed by atoms with Gasteiger partial charge in [0, 0.05) is 50.5 Å². The number of hydrogen-bond acceptors (Lipinski definition) is 9. The molecule has 3 aliphatic rings. The second-order valence-corrected chi connectivity index (χ2v) is 12.9. The number of piperidine rings is 3. The van der Waals surface area contributed by atoms with E-state index in [9.17, 15) is 14.4 Å². The van der Waals surface area contributed by atoms with E-state index >= 15 is 0 Å². The molecule has 0 bridgehead atoms. The third-order valence-corrected chi connectivity index (χ3v) is 9.84. The summed E-state index contributed by atoms with van der Waals surface area (Å²) in [5, 5.41) is 14.8. The molecule has 3 saturated heterocycles. The molecular weight excluding hydrogens is 592 g/mol. The van der Waals surface area contributed by atoms with Crippen LogP contribution in [0.25, 0.3) is 0 Å². The van der Waals surface area contributed by atoms with Crippen LogP contribution in [0.5, 0.6) is 0 Å². The molecule has 244 valence electrons. The molecule has 1 aromatic heterocycles. The number of rotatable bonds is 10. The number of nitrogens with zero attached hydrogens (tertiary/aromatic N) is 6. The van der Waals surface area contributed by atoms with Crippen molar-refractivity contribution >= 4 is 29.9 Å². The second-order valence-electron chi connectivity index (χ2n) is 12.9. The molecule has 0 aliphatic carbocycles. The molecule has 0 saturated carbocycles. The van der Waals surface area contributed by atoms with Crippen molar-refractivity contribution in [1.82, 2.24) is 25.1 Å². The Hall–Kier alpha value is -4.82. The first-order chi connectivity index (χ1) is 22.9. The topological polar surface area (TPSA) is 135 Å². The SMILES string of the molecule is Cc1ccc(C2CCN(Cc3ccc(N4CCC(Nc5nccc(C#N)n5)CC4)cc3)CC2)cc1CN(C=O)C1CCC(=O)NC1=O. The quantitative estimate of drug-likeness (QED) is 0.252. The lowest BCUT2D eigenvalue weighted by Crippen LogP contribution is -2.51. The first-order valence-electron chi connectivity index (χ1n) is 16.6. The fourth-order valence-corrected chi connectivity index (χ4v) is 6.98. The standard InChI is InChI=1S/C36H42N8O3/c1-25-2-5-28(20-29(25)23-44(24-45)33-8-9-34(46)41-35(33)47)27-11-16-42(17-12-27)22-26-3-6-32(7-4-26)43-18-13-30(14-19-43)39-36-38-15-10-31(21-37)40-36/h2-7,10,15,20,24,27,30,33H,8-9,11-14,16-19,22-23H2,1H3,(H,38,39,40)(H,41,46,47). The van der Waals surface area contributed by atoms with E-state index in [-0.39, 0.29) is 18.4 Å². The number of hydrogen-bond donors (Lipinski definition) is 2. The number of carbonyl (C=O) groups excluding carboxylic acids is 3. The zero-order valence-corrected chi connectivity index (χ0v) is 26.9. The maximum Gasteiger partial charge on any atom is 0.249 e. The number of nitrogens with one attached hydrogen (secondary N) is 2. The van der Waals surface area contributed by atoms with Crippen molar-refractivity contribution in [2.45, 2.75) is 76.5 Å². The number of amides is 3. The van der Waals surface area contributed by atoms with Crippen LogP contribution in [0.2, 0.25) is 0 Å². The fourth-order valence-electron chi connectivity index (χ4n) is 6.98. The fraction of sp³-hybridized carbons (Fsp3) is 0.444. The van der Waals surface area contributed by atoms with Crippen LogP contribution < -0.4 is 15.5 Å². The van der Waals surface area contributed by atoms with Crippen molar-refractivity contribution in [3.63, 3.8) is 0 Å². The highest BCUT2D eigenvalue weighted by Crippen LogP contribution is 2.31. The van der Waals surface area contributed by atoms with Gasteiger partial charge in [0.15, 0.2) is 0 Å². The van der Waals surface area contributed by atoms with Gasteiger partial charge in [0.2, 0.25) is 24.2 Å². The molecule has 0 radical (unpaired) electrons.